The van der Waals surface area contributed by atoms with Crippen LogP contribution in [0, 0.1) is 11.3 Å². The van der Waals surface area contributed by atoms with Gasteiger partial charge in [-0.05, 0) is 42.0 Å². The molecule has 0 radical (unpaired) electrons. The molecule has 0 aliphatic heterocycles. The number of thiophene rings is 1. The Hall–Kier alpha value is -2.12. The maximum Gasteiger partial charge on any atom is 0.224 e. The number of hydrogen-bond donors (Lipinski definition) is 1. The molecule has 2 rings (SSSR count). The van der Waals surface area contributed by atoms with Gasteiger partial charge in [-0.2, -0.15) is 5.26 Å². The van der Waals surface area contributed by atoms with E-state index < -0.39 is 0 Å². The zero-order valence-corrected chi connectivity index (χ0v) is 12.0. The van der Waals surface area contributed by atoms with Gasteiger partial charge < -0.3 is 5.32 Å². The Balaban J connectivity index is 1.75. The molecular formula is C16H16N2OS. The van der Waals surface area contributed by atoms with E-state index in [-0.39, 0.29) is 5.91 Å². The van der Waals surface area contributed by atoms with Gasteiger partial charge in [-0.15, -0.1) is 11.3 Å². The normalized spacial score (nSPS) is 9.95. The van der Waals surface area contributed by atoms with Gasteiger partial charge in [0.25, 0.3) is 0 Å². The maximum atomic E-state index is 11.8. The van der Waals surface area contributed by atoms with E-state index in [1.165, 1.54) is 4.88 Å². The molecule has 2 aromatic rings. The minimum atomic E-state index is 0.0367. The van der Waals surface area contributed by atoms with E-state index in [2.05, 4.69) is 22.8 Å². The topological polar surface area (TPSA) is 52.9 Å². The van der Waals surface area contributed by atoms with Crippen molar-refractivity contribution in [3.8, 4) is 6.07 Å². The van der Waals surface area contributed by atoms with Crippen LogP contribution in [0.2, 0.25) is 0 Å². The SMILES string of the molecule is N#CCc1ccc(NC(=O)CCCc2cccs2)cc1. The quantitative estimate of drug-likeness (QED) is 0.877. The average Bonchev–Trinajstić information content (AvgIpc) is 2.94. The summed E-state index contributed by atoms with van der Waals surface area (Å²) in [6.07, 6.45) is 2.73. The molecule has 0 fully saturated rings. The zero-order chi connectivity index (χ0) is 14.2. The number of nitrogens with one attached hydrogen (secondary N) is 1. The Bertz CT molecular complexity index is 582. The number of amides is 1. The minimum Gasteiger partial charge on any atom is -0.326 e. The Morgan fingerprint density at radius 1 is 1.25 bits per heavy atom. The van der Waals surface area contributed by atoms with Crippen molar-refractivity contribution in [3.63, 3.8) is 0 Å². The summed E-state index contributed by atoms with van der Waals surface area (Å²) in [4.78, 5) is 13.1. The molecule has 0 saturated heterocycles. The Morgan fingerprint density at radius 2 is 2.05 bits per heavy atom. The van der Waals surface area contributed by atoms with Gasteiger partial charge in [0.15, 0.2) is 0 Å². The number of anilines is 1. The number of carbonyl (C=O) groups excluding carboxylic acids is 1. The van der Waals surface area contributed by atoms with Gasteiger partial charge in [-0.3, -0.25) is 4.79 Å². The molecule has 20 heavy (non-hydrogen) atoms. The van der Waals surface area contributed by atoms with Gasteiger partial charge in [0.1, 0.15) is 0 Å². The molecule has 0 unspecified atom stereocenters. The second kappa shape index (κ2) is 7.46. The third kappa shape index (κ3) is 4.52. The maximum absolute atomic E-state index is 11.8. The summed E-state index contributed by atoms with van der Waals surface area (Å²) >= 11 is 1.73. The first-order valence-electron chi connectivity index (χ1n) is 6.56. The van der Waals surface area contributed by atoms with Gasteiger partial charge in [-0.1, -0.05) is 18.2 Å². The number of aryl methyl sites for hydroxylation is 1. The molecule has 0 bridgehead atoms. The van der Waals surface area contributed by atoms with Crippen LogP contribution >= 0.6 is 11.3 Å². The molecule has 0 aliphatic rings. The first kappa shape index (κ1) is 14.3. The van der Waals surface area contributed by atoms with Gasteiger partial charge >= 0.3 is 0 Å². The lowest BCUT2D eigenvalue weighted by atomic mass is 10.1. The van der Waals surface area contributed by atoms with Gasteiger partial charge in [0, 0.05) is 17.0 Å². The highest BCUT2D eigenvalue weighted by atomic mass is 32.1. The first-order chi connectivity index (χ1) is 9.78. The van der Waals surface area contributed by atoms with Crippen LogP contribution in [0.15, 0.2) is 41.8 Å². The highest BCUT2D eigenvalue weighted by molar-refractivity contribution is 7.09. The lowest BCUT2D eigenvalue weighted by Gasteiger charge is -2.05. The Kier molecular flexibility index (Phi) is 5.33. The molecule has 4 heteroatoms. The summed E-state index contributed by atoms with van der Waals surface area (Å²) in [6, 6.07) is 13.6. The number of nitriles is 1. The number of rotatable bonds is 6. The van der Waals surface area contributed by atoms with Crippen LogP contribution in [0.1, 0.15) is 23.3 Å². The van der Waals surface area contributed by atoms with Crippen molar-refractivity contribution in [2.75, 3.05) is 5.32 Å². The van der Waals surface area contributed by atoms with Gasteiger partial charge in [0.2, 0.25) is 5.91 Å². The lowest BCUT2D eigenvalue weighted by molar-refractivity contribution is -0.116. The van der Waals surface area contributed by atoms with Crippen molar-refractivity contribution in [1.29, 1.82) is 5.26 Å². The summed E-state index contributed by atoms with van der Waals surface area (Å²) in [5.41, 5.74) is 1.75. The first-order valence-corrected chi connectivity index (χ1v) is 7.44. The second-order valence-corrected chi connectivity index (χ2v) is 5.55. The van der Waals surface area contributed by atoms with E-state index in [1.54, 1.807) is 11.3 Å². The van der Waals surface area contributed by atoms with Crippen LogP contribution < -0.4 is 5.32 Å². The fourth-order valence-electron chi connectivity index (χ4n) is 1.90. The van der Waals surface area contributed by atoms with Crippen LogP contribution in [-0.4, -0.2) is 5.91 Å². The van der Waals surface area contributed by atoms with Gasteiger partial charge in [0.05, 0.1) is 12.5 Å². The summed E-state index contributed by atoms with van der Waals surface area (Å²) in [5, 5.41) is 13.5. The van der Waals surface area contributed by atoms with E-state index in [0.717, 1.165) is 24.1 Å². The van der Waals surface area contributed by atoms with Crippen molar-refractivity contribution in [1.82, 2.24) is 0 Å². The molecule has 0 atom stereocenters. The molecule has 0 aliphatic carbocycles. The van der Waals surface area contributed by atoms with E-state index in [1.807, 2.05) is 30.3 Å². The van der Waals surface area contributed by atoms with Gasteiger partial charge in [-0.25, -0.2) is 0 Å². The molecular weight excluding hydrogens is 268 g/mol. The van der Waals surface area contributed by atoms with Crippen molar-refractivity contribution in [3.05, 3.63) is 52.2 Å². The van der Waals surface area contributed by atoms with Crippen molar-refractivity contribution >= 4 is 22.9 Å². The largest absolute Gasteiger partial charge is 0.326 e. The van der Waals surface area contributed by atoms with Crippen LogP contribution in [0.5, 0.6) is 0 Å². The number of hydrogen-bond acceptors (Lipinski definition) is 3. The Morgan fingerprint density at radius 3 is 2.70 bits per heavy atom. The molecule has 102 valence electrons. The molecule has 1 aromatic carbocycles. The van der Waals surface area contributed by atoms with Crippen LogP contribution in [0.4, 0.5) is 5.69 Å². The summed E-state index contributed by atoms with van der Waals surface area (Å²) in [5.74, 6) is 0.0367. The zero-order valence-electron chi connectivity index (χ0n) is 11.1. The van der Waals surface area contributed by atoms with Crippen molar-refractivity contribution < 1.29 is 4.79 Å². The summed E-state index contributed by atoms with van der Waals surface area (Å²) in [6.45, 7) is 0. The number of benzene rings is 1. The standard InChI is InChI=1S/C16H16N2OS/c17-11-10-13-6-8-14(9-7-13)18-16(19)5-1-3-15-4-2-12-20-15/h2,4,6-9,12H,1,3,5,10H2,(H,18,19). The fraction of sp³-hybridized carbons (Fsp3) is 0.250. The van der Waals surface area contributed by atoms with E-state index in [4.69, 9.17) is 5.26 Å². The third-order valence-electron chi connectivity index (χ3n) is 2.93. The molecule has 1 heterocycles. The average molecular weight is 284 g/mol. The highest BCUT2D eigenvalue weighted by Crippen LogP contribution is 2.13. The molecule has 0 spiro atoms. The molecule has 0 saturated carbocycles. The number of carbonyl (C=O) groups is 1. The van der Waals surface area contributed by atoms with E-state index >= 15 is 0 Å². The number of nitrogens with zero attached hydrogens (tertiary/aromatic N) is 1. The predicted molar refractivity (Wildman–Crippen MR) is 81.6 cm³/mol. The fourth-order valence-corrected chi connectivity index (χ4v) is 2.65. The molecule has 1 N–H and O–H groups in total. The van der Waals surface area contributed by atoms with E-state index in [9.17, 15) is 4.79 Å². The van der Waals surface area contributed by atoms with Crippen molar-refractivity contribution in [2.24, 2.45) is 0 Å². The lowest BCUT2D eigenvalue weighted by Crippen LogP contribution is -2.11. The molecule has 1 amide bonds. The molecule has 3 nitrogen and oxygen atoms in total. The predicted octanol–water partition coefficient (Wildman–Crippen LogP) is 3.78. The summed E-state index contributed by atoms with van der Waals surface area (Å²) in [7, 11) is 0. The highest BCUT2D eigenvalue weighted by Gasteiger charge is 2.03. The van der Waals surface area contributed by atoms with Crippen LogP contribution in [0.3, 0.4) is 0 Å². The Labute approximate surface area is 122 Å². The molecule has 1 aromatic heterocycles. The van der Waals surface area contributed by atoms with E-state index in [0.29, 0.717) is 12.8 Å². The van der Waals surface area contributed by atoms with Crippen LogP contribution in [-0.2, 0) is 17.6 Å². The van der Waals surface area contributed by atoms with Crippen LogP contribution in [0.25, 0.3) is 0 Å². The van der Waals surface area contributed by atoms with Crippen molar-refractivity contribution in [2.45, 2.75) is 25.7 Å². The third-order valence-corrected chi connectivity index (χ3v) is 3.86. The monoisotopic (exact) mass is 284 g/mol. The smallest absolute Gasteiger partial charge is 0.224 e. The minimum absolute atomic E-state index is 0.0367. The second-order valence-electron chi connectivity index (χ2n) is 4.51. The summed E-state index contributed by atoms with van der Waals surface area (Å²) < 4.78 is 0.